The molecule has 0 aromatic heterocycles. The van der Waals surface area contributed by atoms with Crippen LogP contribution in [0.4, 0.5) is 0 Å². The largest absolute Gasteiger partial charge is 0.496 e. The molecule has 0 aliphatic carbocycles. The molecule has 21 heavy (non-hydrogen) atoms. The standard InChI is InChI=1S/C13H17ClO6S/c1-4-20-13(15)6-5-9-7-11(19-3)12(21(14,16)17)8-10(9)18-2/h7-8H,4-6H2,1-3H3. The summed E-state index contributed by atoms with van der Waals surface area (Å²) in [7, 11) is 4.13. The summed E-state index contributed by atoms with van der Waals surface area (Å²) in [6.45, 7) is 2.03. The van der Waals surface area contributed by atoms with Crippen molar-refractivity contribution < 1.29 is 27.4 Å². The van der Waals surface area contributed by atoms with Crippen molar-refractivity contribution in [1.29, 1.82) is 0 Å². The highest BCUT2D eigenvalue weighted by molar-refractivity contribution is 8.13. The van der Waals surface area contributed by atoms with E-state index in [9.17, 15) is 13.2 Å². The quantitative estimate of drug-likeness (QED) is 0.560. The van der Waals surface area contributed by atoms with Crippen LogP contribution in [-0.2, 0) is 25.0 Å². The monoisotopic (exact) mass is 336 g/mol. The summed E-state index contributed by atoms with van der Waals surface area (Å²) in [6, 6.07) is 2.77. The van der Waals surface area contributed by atoms with Gasteiger partial charge in [0.15, 0.2) is 0 Å². The summed E-state index contributed by atoms with van der Waals surface area (Å²) in [5.41, 5.74) is 0.631. The average molecular weight is 337 g/mol. The number of carbonyl (C=O) groups is 1. The van der Waals surface area contributed by atoms with Crippen LogP contribution in [0, 0.1) is 0 Å². The predicted molar refractivity (Wildman–Crippen MR) is 77.5 cm³/mol. The van der Waals surface area contributed by atoms with Gasteiger partial charge in [0, 0.05) is 23.2 Å². The van der Waals surface area contributed by atoms with E-state index in [1.54, 1.807) is 6.92 Å². The van der Waals surface area contributed by atoms with Crippen molar-refractivity contribution >= 4 is 25.7 Å². The Bertz CT molecular complexity index is 611. The normalized spacial score (nSPS) is 11.0. The fourth-order valence-electron chi connectivity index (χ4n) is 1.79. The lowest BCUT2D eigenvalue weighted by Crippen LogP contribution is -2.07. The third-order valence-corrected chi connectivity index (χ3v) is 4.08. The number of ether oxygens (including phenoxy) is 3. The second-order valence-electron chi connectivity index (χ2n) is 4.06. The van der Waals surface area contributed by atoms with Gasteiger partial charge in [0.05, 0.1) is 20.8 Å². The number of methoxy groups -OCH3 is 2. The molecular weight excluding hydrogens is 320 g/mol. The number of hydrogen-bond donors (Lipinski definition) is 0. The lowest BCUT2D eigenvalue weighted by Gasteiger charge is -2.13. The third kappa shape index (κ3) is 4.78. The molecule has 0 saturated carbocycles. The molecular formula is C13H17ClO6S. The van der Waals surface area contributed by atoms with Gasteiger partial charge in [-0.05, 0) is 25.0 Å². The van der Waals surface area contributed by atoms with Gasteiger partial charge in [-0.1, -0.05) is 0 Å². The Labute approximate surface area is 128 Å². The number of benzene rings is 1. The highest BCUT2D eigenvalue weighted by Crippen LogP contribution is 2.34. The molecule has 0 saturated heterocycles. The number of carbonyl (C=O) groups excluding carboxylic acids is 1. The van der Waals surface area contributed by atoms with Crippen molar-refractivity contribution in [2.24, 2.45) is 0 Å². The van der Waals surface area contributed by atoms with Gasteiger partial charge in [-0.2, -0.15) is 0 Å². The molecule has 0 heterocycles. The van der Waals surface area contributed by atoms with Crippen molar-refractivity contribution in [3.05, 3.63) is 17.7 Å². The van der Waals surface area contributed by atoms with Crippen LogP contribution < -0.4 is 9.47 Å². The van der Waals surface area contributed by atoms with Gasteiger partial charge in [0.2, 0.25) is 0 Å². The van der Waals surface area contributed by atoms with Crippen molar-refractivity contribution in [3.63, 3.8) is 0 Å². The van der Waals surface area contributed by atoms with Crippen molar-refractivity contribution in [2.75, 3.05) is 20.8 Å². The van der Waals surface area contributed by atoms with Crippen molar-refractivity contribution in [2.45, 2.75) is 24.7 Å². The van der Waals surface area contributed by atoms with Gasteiger partial charge in [-0.25, -0.2) is 8.42 Å². The summed E-state index contributed by atoms with van der Waals surface area (Å²) >= 11 is 0. The number of rotatable bonds is 7. The van der Waals surface area contributed by atoms with E-state index in [0.29, 0.717) is 24.3 Å². The zero-order valence-electron chi connectivity index (χ0n) is 12.0. The van der Waals surface area contributed by atoms with E-state index in [-0.39, 0.29) is 23.0 Å². The second kappa shape index (κ2) is 7.51. The topological polar surface area (TPSA) is 78.9 Å². The van der Waals surface area contributed by atoms with Crippen LogP contribution in [-0.4, -0.2) is 35.2 Å². The van der Waals surface area contributed by atoms with E-state index in [1.807, 2.05) is 0 Å². The van der Waals surface area contributed by atoms with E-state index >= 15 is 0 Å². The van der Waals surface area contributed by atoms with Gasteiger partial charge >= 0.3 is 5.97 Å². The smallest absolute Gasteiger partial charge is 0.306 e. The minimum atomic E-state index is -3.96. The molecule has 0 radical (unpaired) electrons. The van der Waals surface area contributed by atoms with Gasteiger partial charge in [-0.15, -0.1) is 0 Å². The Morgan fingerprint density at radius 1 is 1.19 bits per heavy atom. The maximum Gasteiger partial charge on any atom is 0.306 e. The van der Waals surface area contributed by atoms with Crippen LogP contribution in [0.1, 0.15) is 18.9 Å². The van der Waals surface area contributed by atoms with Gasteiger partial charge < -0.3 is 14.2 Å². The zero-order valence-corrected chi connectivity index (χ0v) is 13.6. The number of halogens is 1. The van der Waals surface area contributed by atoms with Crippen molar-refractivity contribution in [3.8, 4) is 11.5 Å². The van der Waals surface area contributed by atoms with Gasteiger partial charge in [-0.3, -0.25) is 4.79 Å². The van der Waals surface area contributed by atoms with Crippen LogP contribution >= 0.6 is 10.7 Å². The zero-order chi connectivity index (χ0) is 16.0. The summed E-state index contributed by atoms with van der Waals surface area (Å²) < 4.78 is 38.0. The van der Waals surface area contributed by atoms with E-state index < -0.39 is 9.05 Å². The molecule has 0 N–H and O–H groups in total. The highest BCUT2D eigenvalue weighted by Gasteiger charge is 2.21. The SMILES string of the molecule is CCOC(=O)CCc1cc(OC)c(S(=O)(=O)Cl)cc1OC. The predicted octanol–water partition coefficient (Wildman–Crippen LogP) is 2.13. The fourth-order valence-corrected chi connectivity index (χ4v) is 2.78. The molecule has 0 aliphatic heterocycles. The molecule has 0 fully saturated rings. The summed E-state index contributed by atoms with van der Waals surface area (Å²) in [6.07, 6.45) is 0.487. The molecule has 6 nitrogen and oxygen atoms in total. The van der Waals surface area contributed by atoms with Crippen LogP contribution in [0.2, 0.25) is 0 Å². The van der Waals surface area contributed by atoms with E-state index in [1.165, 1.54) is 26.4 Å². The van der Waals surface area contributed by atoms with Crippen LogP contribution in [0.15, 0.2) is 17.0 Å². The van der Waals surface area contributed by atoms with Gasteiger partial charge in [0.1, 0.15) is 16.4 Å². The molecule has 8 heteroatoms. The Balaban J connectivity index is 3.13. The van der Waals surface area contributed by atoms with Crippen LogP contribution in [0.25, 0.3) is 0 Å². The Morgan fingerprint density at radius 3 is 2.29 bits per heavy atom. The lowest BCUT2D eigenvalue weighted by atomic mass is 10.1. The second-order valence-corrected chi connectivity index (χ2v) is 6.59. The lowest BCUT2D eigenvalue weighted by molar-refractivity contribution is -0.143. The first-order valence-electron chi connectivity index (χ1n) is 6.18. The fraction of sp³-hybridized carbons (Fsp3) is 0.462. The molecule has 0 amide bonds. The molecule has 118 valence electrons. The van der Waals surface area contributed by atoms with Crippen molar-refractivity contribution in [1.82, 2.24) is 0 Å². The molecule has 0 aliphatic rings. The third-order valence-electron chi connectivity index (χ3n) is 2.73. The molecule has 1 rings (SSSR count). The minimum absolute atomic E-state index is 0.102. The van der Waals surface area contributed by atoms with Crippen LogP contribution in [0.5, 0.6) is 11.5 Å². The number of hydrogen-bond acceptors (Lipinski definition) is 6. The van der Waals surface area contributed by atoms with Crippen LogP contribution in [0.3, 0.4) is 0 Å². The first-order valence-corrected chi connectivity index (χ1v) is 8.49. The van der Waals surface area contributed by atoms with E-state index in [0.717, 1.165) is 0 Å². The summed E-state index contributed by atoms with van der Waals surface area (Å²) in [5.74, 6) is 0.0801. The first kappa shape index (κ1) is 17.6. The highest BCUT2D eigenvalue weighted by atomic mass is 35.7. The molecule has 1 aromatic rings. The maximum absolute atomic E-state index is 11.5. The van der Waals surface area contributed by atoms with E-state index in [4.69, 9.17) is 24.9 Å². The number of aryl methyl sites for hydroxylation is 1. The molecule has 0 spiro atoms. The van der Waals surface area contributed by atoms with Gasteiger partial charge in [0.25, 0.3) is 9.05 Å². The Morgan fingerprint density at radius 2 is 1.81 bits per heavy atom. The average Bonchev–Trinajstić information content (AvgIpc) is 2.43. The molecule has 0 atom stereocenters. The Hall–Kier alpha value is -1.47. The number of esters is 1. The maximum atomic E-state index is 11.5. The molecule has 0 unspecified atom stereocenters. The molecule has 1 aromatic carbocycles. The van der Waals surface area contributed by atoms with E-state index in [2.05, 4.69) is 0 Å². The summed E-state index contributed by atoms with van der Waals surface area (Å²) in [5, 5.41) is 0. The Kier molecular flexibility index (Phi) is 6.29. The first-order chi connectivity index (χ1) is 9.83. The summed E-state index contributed by atoms with van der Waals surface area (Å²) in [4.78, 5) is 11.2. The minimum Gasteiger partial charge on any atom is -0.496 e. The molecule has 0 bridgehead atoms.